The smallest absolute Gasteiger partial charge is 0.138 e. The van der Waals surface area contributed by atoms with Crippen LogP contribution in [0.25, 0.3) is 0 Å². The Hall–Kier alpha value is -1.56. The Balaban J connectivity index is 2.45. The van der Waals surface area contributed by atoms with Crippen LogP contribution in [0.1, 0.15) is 30.5 Å². The highest BCUT2D eigenvalue weighted by Crippen LogP contribution is 2.29. The molecule has 18 heavy (non-hydrogen) atoms. The highest BCUT2D eigenvalue weighted by Gasteiger charge is 2.28. The van der Waals surface area contributed by atoms with Crippen LogP contribution in [0, 0.1) is 12.3 Å². The predicted octanol–water partition coefficient (Wildman–Crippen LogP) is 0.364. The number of amidine groups is 1. The van der Waals surface area contributed by atoms with Gasteiger partial charge in [-0.05, 0) is 26.2 Å². The highest BCUT2D eigenvalue weighted by molar-refractivity contribution is 6.01. The lowest BCUT2D eigenvalue weighted by Gasteiger charge is -2.36. The lowest BCUT2D eigenvalue weighted by Crippen LogP contribution is -2.43. The number of aromatic nitrogens is 2. The second kappa shape index (κ2) is 4.97. The van der Waals surface area contributed by atoms with Gasteiger partial charge in [0.05, 0.1) is 23.9 Å². The number of piperidine rings is 1. The van der Waals surface area contributed by atoms with Crippen molar-refractivity contribution in [3.05, 3.63) is 11.3 Å². The number of aryl methyl sites for hydroxylation is 2. The SMILES string of the molecule is Cc1nn(C)c(N2CCCCC2CO)c1C(=N)N. The summed E-state index contributed by atoms with van der Waals surface area (Å²) in [4.78, 5) is 2.14. The topological polar surface area (TPSA) is 91.2 Å². The molecule has 2 heterocycles. The summed E-state index contributed by atoms with van der Waals surface area (Å²) in [5, 5.41) is 21.5. The number of rotatable bonds is 3. The summed E-state index contributed by atoms with van der Waals surface area (Å²) in [5.41, 5.74) is 7.12. The Morgan fingerprint density at radius 2 is 2.28 bits per heavy atom. The second-order valence-electron chi connectivity index (χ2n) is 4.85. The van der Waals surface area contributed by atoms with Crippen molar-refractivity contribution in [2.75, 3.05) is 18.1 Å². The molecule has 1 atom stereocenters. The molecule has 1 aliphatic rings. The molecule has 2 rings (SSSR count). The van der Waals surface area contributed by atoms with E-state index in [1.54, 1.807) is 4.68 Å². The number of nitrogens with zero attached hydrogens (tertiary/aromatic N) is 3. The van der Waals surface area contributed by atoms with Crippen molar-refractivity contribution < 1.29 is 5.11 Å². The number of nitrogen functional groups attached to an aromatic ring is 1. The van der Waals surface area contributed by atoms with E-state index in [0.717, 1.165) is 37.3 Å². The van der Waals surface area contributed by atoms with Crippen molar-refractivity contribution >= 4 is 11.7 Å². The number of nitrogens with one attached hydrogen (secondary N) is 1. The molecule has 4 N–H and O–H groups in total. The zero-order chi connectivity index (χ0) is 13.3. The third-order valence-electron chi connectivity index (χ3n) is 3.57. The monoisotopic (exact) mass is 251 g/mol. The number of anilines is 1. The van der Waals surface area contributed by atoms with E-state index in [4.69, 9.17) is 11.1 Å². The van der Waals surface area contributed by atoms with E-state index in [2.05, 4.69) is 10.00 Å². The van der Waals surface area contributed by atoms with Crippen molar-refractivity contribution in [2.24, 2.45) is 12.8 Å². The first kappa shape index (κ1) is 12.9. The number of aliphatic hydroxyl groups excluding tert-OH is 1. The van der Waals surface area contributed by atoms with Gasteiger partial charge in [0.2, 0.25) is 0 Å². The zero-order valence-electron chi connectivity index (χ0n) is 11.0. The van der Waals surface area contributed by atoms with Gasteiger partial charge in [0.1, 0.15) is 11.7 Å². The van der Waals surface area contributed by atoms with Crippen molar-refractivity contribution in [3.8, 4) is 0 Å². The molecule has 1 unspecified atom stereocenters. The molecule has 1 aromatic heterocycles. The minimum Gasteiger partial charge on any atom is -0.394 e. The second-order valence-corrected chi connectivity index (χ2v) is 4.85. The Labute approximate surface area is 107 Å². The summed E-state index contributed by atoms with van der Waals surface area (Å²) in [7, 11) is 1.86. The summed E-state index contributed by atoms with van der Waals surface area (Å²) < 4.78 is 1.76. The zero-order valence-corrected chi connectivity index (χ0v) is 11.0. The molecule has 0 aromatic carbocycles. The van der Waals surface area contributed by atoms with Crippen LogP contribution in [-0.2, 0) is 7.05 Å². The number of aliphatic hydroxyl groups is 1. The summed E-state index contributed by atoms with van der Waals surface area (Å²) in [6.07, 6.45) is 3.20. The highest BCUT2D eigenvalue weighted by atomic mass is 16.3. The maximum atomic E-state index is 9.49. The van der Waals surface area contributed by atoms with Crippen LogP contribution in [0.3, 0.4) is 0 Å². The minimum atomic E-state index is 0.0397. The van der Waals surface area contributed by atoms with Crippen LogP contribution in [0.5, 0.6) is 0 Å². The number of hydrogen-bond acceptors (Lipinski definition) is 4. The standard InChI is InChI=1S/C12H21N5O/c1-8-10(11(13)14)12(16(2)15-8)17-6-4-3-5-9(17)7-18/h9,18H,3-7H2,1-2H3,(H3,13,14). The third kappa shape index (κ3) is 2.08. The first-order valence-electron chi connectivity index (χ1n) is 6.31. The molecule has 0 amide bonds. The maximum absolute atomic E-state index is 9.49. The molecule has 100 valence electrons. The Morgan fingerprint density at radius 1 is 1.56 bits per heavy atom. The summed E-state index contributed by atoms with van der Waals surface area (Å²) >= 11 is 0. The van der Waals surface area contributed by atoms with Crippen LogP contribution >= 0.6 is 0 Å². The molecule has 6 nitrogen and oxygen atoms in total. The molecule has 1 saturated heterocycles. The molecular formula is C12H21N5O. The molecule has 0 radical (unpaired) electrons. The lowest BCUT2D eigenvalue weighted by atomic mass is 10.0. The fraction of sp³-hybridized carbons (Fsp3) is 0.667. The van der Waals surface area contributed by atoms with Gasteiger partial charge in [0, 0.05) is 13.6 Å². The number of nitrogens with two attached hydrogens (primary N) is 1. The Bertz CT molecular complexity index is 454. The first-order valence-corrected chi connectivity index (χ1v) is 6.31. The van der Waals surface area contributed by atoms with E-state index in [9.17, 15) is 5.11 Å². The molecular weight excluding hydrogens is 230 g/mol. The quantitative estimate of drug-likeness (QED) is 0.534. The molecule has 1 aromatic rings. The molecule has 0 aliphatic carbocycles. The van der Waals surface area contributed by atoms with E-state index >= 15 is 0 Å². The number of hydrogen-bond donors (Lipinski definition) is 3. The maximum Gasteiger partial charge on any atom is 0.138 e. The van der Waals surface area contributed by atoms with Gasteiger partial charge < -0.3 is 15.7 Å². The van der Waals surface area contributed by atoms with Crippen molar-refractivity contribution in [3.63, 3.8) is 0 Å². The van der Waals surface area contributed by atoms with Crippen LogP contribution in [-0.4, -0.2) is 39.9 Å². The van der Waals surface area contributed by atoms with Gasteiger partial charge in [-0.15, -0.1) is 0 Å². The first-order chi connectivity index (χ1) is 8.56. The van der Waals surface area contributed by atoms with Crippen molar-refractivity contribution in [1.29, 1.82) is 5.41 Å². The van der Waals surface area contributed by atoms with Gasteiger partial charge in [0.25, 0.3) is 0 Å². The molecule has 0 saturated carbocycles. The minimum absolute atomic E-state index is 0.0397. The summed E-state index contributed by atoms with van der Waals surface area (Å²) in [6.45, 7) is 2.87. The van der Waals surface area contributed by atoms with Gasteiger partial charge in [-0.1, -0.05) is 0 Å². The van der Waals surface area contributed by atoms with Gasteiger partial charge in [0.15, 0.2) is 0 Å². The van der Waals surface area contributed by atoms with E-state index in [1.807, 2.05) is 14.0 Å². The van der Waals surface area contributed by atoms with Gasteiger partial charge in [-0.2, -0.15) is 5.10 Å². The summed E-state index contributed by atoms with van der Waals surface area (Å²) in [6, 6.07) is 0.103. The van der Waals surface area contributed by atoms with Crippen molar-refractivity contribution in [1.82, 2.24) is 9.78 Å². The fourth-order valence-corrected chi connectivity index (χ4v) is 2.76. The van der Waals surface area contributed by atoms with E-state index in [1.165, 1.54) is 0 Å². The molecule has 0 bridgehead atoms. The van der Waals surface area contributed by atoms with Crippen LogP contribution in [0.2, 0.25) is 0 Å². The van der Waals surface area contributed by atoms with Crippen LogP contribution in [0.4, 0.5) is 5.82 Å². The molecule has 0 spiro atoms. The van der Waals surface area contributed by atoms with E-state index < -0.39 is 0 Å². The molecule has 1 fully saturated rings. The Morgan fingerprint density at radius 3 is 2.89 bits per heavy atom. The fourth-order valence-electron chi connectivity index (χ4n) is 2.76. The lowest BCUT2D eigenvalue weighted by molar-refractivity contribution is 0.238. The average Bonchev–Trinajstić information content (AvgIpc) is 2.64. The predicted molar refractivity (Wildman–Crippen MR) is 71.0 cm³/mol. The van der Waals surface area contributed by atoms with Gasteiger partial charge in [-0.25, -0.2) is 0 Å². The molecule has 1 aliphatic heterocycles. The van der Waals surface area contributed by atoms with Crippen LogP contribution in [0.15, 0.2) is 0 Å². The van der Waals surface area contributed by atoms with E-state index in [-0.39, 0.29) is 18.5 Å². The van der Waals surface area contributed by atoms with Gasteiger partial charge >= 0.3 is 0 Å². The molecule has 6 heteroatoms. The summed E-state index contributed by atoms with van der Waals surface area (Å²) in [5.74, 6) is 0.900. The Kier molecular flexibility index (Phi) is 3.56. The van der Waals surface area contributed by atoms with Crippen LogP contribution < -0.4 is 10.6 Å². The van der Waals surface area contributed by atoms with E-state index in [0.29, 0.717) is 5.56 Å². The largest absolute Gasteiger partial charge is 0.394 e. The third-order valence-corrected chi connectivity index (χ3v) is 3.57. The normalized spacial score (nSPS) is 20.2. The average molecular weight is 251 g/mol. The van der Waals surface area contributed by atoms with Crippen molar-refractivity contribution in [2.45, 2.75) is 32.2 Å². The van der Waals surface area contributed by atoms with Gasteiger partial charge in [-0.3, -0.25) is 10.1 Å².